The van der Waals surface area contributed by atoms with Gasteiger partial charge in [-0.2, -0.15) is 0 Å². The summed E-state index contributed by atoms with van der Waals surface area (Å²) in [5.74, 6) is 2.29. The summed E-state index contributed by atoms with van der Waals surface area (Å²) in [6.07, 6.45) is 0. The maximum atomic E-state index is 12.1. The molecule has 1 N–H and O–H groups in total. The normalized spacial score (nSPS) is 14.5. The Kier molecular flexibility index (Phi) is 5.13. The summed E-state index contributed by atoms with van der Waals surface area (Å²) in [5, 5.41) is 3.17. The van der Waals surface area contributed by atoms with Gasteiger partial charge in [-0.15, -0.1) is 0 Å². The minimum Gasteiger partial charge on any atom is -0.340 e. The van der Waals surface area contributed by atoms with Crippen molar-refractivity contribution >= 4 is 17.7 Å². The number of carbonyl (C=O) groups is 1. The molecule has 0 saturated carbocycles. The van der Waals surface area contributed by atoms with E-state index in [1.807, 2.05) is 56.8 Å². The van der Waals surface area contributed by atoms with Gasteiger partial charge in [-0.1, -0.05) is 0 Å². The molecule has 0 bridgehead atoms. The Labute approximate surface area is 153 Å². The highest BCUT2D eigenvalue weighted by Gasteiger charge is 2.33. The van der Waals surface area contributed by atoms with E-state index in [4.69, 9.17) is 0 Å². The zero-order chi connectivity index (χ0) is 18.8. The largest absolute Gasteiger partial charge is 0.340 e. The minimum atomic E-state index is 0.152. The van der Waals surface area contributed by atoms with E-state index < -0.39 is 0 Å². The van der Waals surface area contributed by atoms with E-state index in [9.17, 15) is 4.79 Å². The van der Waals surface area contributed by atoms with Gasteiger partial charge >= 0.3 is 0 Å². The molecule has 1 amide bonds. The summed E-state index contributed by atoms with van der Waals surface area (Å²) >= 11 is 0. The molecule has 1 fully saturated rings. The first-order chi connectivity index (χ1) is 12.3. The number of amides is 1. The monoisotopic (exact) mass is 355 g/mol. The Morgan fingerprint density at radius 2 is 1.77 bits per heavy atom. The van der Waals surface area contributed by atoms with Crippen LogP contribution in [-0.2, 0) is 4.79 Å². The van der Waals surface area contributed by atoms with E-state index in [1.165, 1.54) is 0 Å². The zero-order valence-corrected chi connectivity index (χ0v) is 15.9. The second kappa shape index (κ2) is 7.33. The zero-order valence-electron chi connectivity index (χ0n) is 15.9. The lowest BCUT2D eigenvalue weighted by Crippen LogP contribution is -2.51. The van der Waals surface area contributed by atoms with E-state index in [0.717, 1.165) is 17.1 Å². The van der Waals surface area contributed by atoms with Gasteiger partial charge in [0.25, 0.3) is 0 Å². The molecular weight excluding hydrogens is 330 g/mol. The number of aromatic nitrogens is 4. The molecule has 1 aliphatic rings. The predicted molar refractivity (Wildman–Crippen MR) is 99.4 cm³/mol. The first kappa shape index (κ1) is 18.2. The van der Waals surface area contributed by atoms with Crippen molar-refractivity contribution in [3.63, 3.8) is 0 Å². The van der Waals surface area contributed by atoms with Crippen molar-refractivity contribution < 1.29 is 4.79 Å². The molecule has 3 rings (SSSR count). The van der Waals surface area contributed by atoms with Crippen molar-refractivity contribution in [2.45, 2.75) is 26.7 Å². The van der Waals surface area contributed by atoms with E-state index in [0.29, 0.717) is 37.2 Å². The van der Waals surface area contributed by atoms with Crippen LogP contribution in [0.1, 0.15) is 28.8 Å². The first-order valence-electron chi connectivity index (χ1n) is 8.67. The third-order valence-electron chi connectivity index (χ3n) is 4.18. The Bertz CT molecular complexity index is 795. The molecule has 2 aromatic heterocycles. The van der Waals surface area contributed by atoms with Crippen LogP contribution in [-0.4, -0.2) is 69.4 Å². The summed E-state index contributed by atoms with van der Waals surface area (Å²) < 4.78 is 0. The number of nitrogens with zero attached hydrogens (tertiary/aromatic N) is 6. The van der Waals surface area contributed by atoms with Crippen LogP contribution in [0.4, 0.5) is 11.8 Å². The topological polar surface area (TPSA) is 87.1 Å². The Hall–Kier alpha value is -2.61. The molecule has 138 valence electrons. The maximum Gasteiger partial charge on any atom is 0.236 e. The number of carbonyl (C=O) groups excluding carboxylic acids is 1. The molecule has 1 aliphatic heterocycles. The Morgan fingerprint density at radius 3 is 2.38 bits per heavy atom. The van der Waals surface area contributed by atoms with E-state index in [-0.39, 0.29) is 11.8 Å². The third-order valence-corrected chi connectivity index (χ3v) is 4.18. The highest BCUT2D eigenvalue weighted by atomic mass is 16.2. The molecule has 0 radical (unpaired) electrons. The van der Waals surface area contributed by atoms with E-state index in [2.05, 4.69) is 25.3 Å². The summed E-state index contributed by atoms with van der Waals surface area (Å²) in [5.41, 5.74) is 2.75. The molecule has 0 aliphatic carbocycles. The lowest BCUT2D eigenvalue weighted by atomic mass is 9.95. The number of hydrogen-bond donors (Lipinski definition) is 1. The SMILES string of the molecule is Cc1cc(C)nc(Nc2cc(C3CN(C(=O)CN(C)C)C3)nc(C)n2)n1. The summed E-state index contributed by atoms with van der Waals surface area (Å²) in [6, 6.07) is 3.85. The molecule has 1 saturated heterocycles. The van der Waals surface area contributed by atoms with Crippen LogP contribution in [0.15, 0.2) is 12.1 Å². The smallest absolute Gasteiger partial charge is 0.236 e. The van der Waals surface area contributed by atoms with Crippen LogP contribution in [0.2, 0.25) is 0 Å². The number of likely N-dealkylation sites (N-methyl/N-ethyl adjacent to an activating group) is 1. The fourth-order valence-corrected chi connectivity index (χ4v) is 3.00. The van der Waals surface area contributed by atoms with Crippen molar-refractivity contribution in [3.8, 4) is 0 Å². The maximum absolute atomic E-state index is 12.1. The standard InChI is InChI=1S/C18H25N7O/c1-11-6-12(2)20-18(19-11)23-16-7-15(21-13(3)22-16)14-8-25(9-14)17(26)10-24(4)5/h6-7,14H,8-10H2,1-5H3,(H,19,20,21,22,23). The summed E-state index contributed by atoms with van der Waals surface area (Å²) in [6.45, 7) is 7.57. The number of aryl methyl sites for hydroxylation is 3. The van der Waals surface area contributed by atoms with Gasteiger partial charge in [0.1, 0.15) is 11.6 Å². The Morgan fingerprint density at radius 1 is 1.12 bits per heavy atom. The van der Waals surface area contributed by atoms with Gasteiger partial charge in [-0.05, 0) is 40.9 Å². The molecule has 8 heteroatoms. The molecule has 0 spiro atoms. The summed E-state index contributed by atoms with van der Waals surface area (Å²) in [7, 11) is 3.80. The van der Waals surface area contributed by atoms with Crippen LogP contribution < -0.4 is 5.32 Å². The number of anilines is 2. The second-order valence-corrected chi connectivity index (χ2v) is 7.06. The average molecular weight is 355 g/mol. The van der Waals surface area contributed by atoms with Gasteiger partial charge in [0.05, 0.1) is 12.2 Å². The fourth-order valence-electron chi connectivity index (χ4n) is 3.00. The van der Waals surface area contributed by atoms with E-state index >= 15 is 0 Å². The van der Waals surface area contributed by atoms with Crippen LogP contribution >= 0.6 is 0 Å². The lowest BCUT2D eigenvalue weighted by Gasteiger charge is -2.39. The van der Waals surface area contributed by atoms with Crippen molar-refractivity contribution in [3.05, 3.63) is 35.0 Å². The van der Waals surface area contributed by atoms with Gasteiger partial charge in [-0.25, -0.2) is 19.9 Å². The average Bonchev–Trinajstić information content (AvgIpc) is 2.42. The van der Waals surface area contributed by atoms with Gasteiger partial charge in [0.2, 0.25) is 11.9 Å². The van der Waals surface area contributed by atoms with Gasteiger partial charge in [-0.3, -0.25) is 4.79 Å². The second-order valence-electron chi connectivity index (χ2n) is 7.06. The third kappa shape index (κ3) is 4.32. The van der Waals surface area contributed by atoms with Crippen LogP contribution in [0.3, 0.4) is 0 Å². The minimum absolute atomic E-state index is 0.152. The van der Waals surface area contributed by atoms with Gasteiger partial charge in [0.15, 0.2) is 0 Å². The predicted octanol–water partition coefficient (Wildman–Crippen LogP) is 1.42. The molecule has 2 aromatic rings. The number of rotatable bonds is 5. The van der Waals surface area contributed by atoms with Gasteiger partial charge in [0, 0.05) is 36.5 Å². The highest BCUT2D eigenvalue weighted by Crippen LogP contribution is 2.27. The van der Waals surface area contributed by atoms with Crippen LogP contribution in [0.5, 0.6) is 0 Å². The van der Waals surface area contributed by atoms with Crippen LogP contribution in [0.25, 0.3) is 0 Å². The number of hydrogen-bond acceptors (Lipinski definition) is 7. The molecule has 0 atom stereocenters. The first-order valence-corrected chi connectivity index (χ1v) is 8.67. The number of nitrogens with one attached hydrogen (secondary N) is 1. The Balaban J connectivity index is 1.70. The number of likely N-dealkylation sites (tertiary alicyclic amines) is 1. The molecule has 3 heterocycles. The van der Waals surface area contributed by atoms with Gasteiger partial charge < -0.3 is 15.1 Å². The molecule has 0 aromatic carbocycles. The molecule has 0 unspecified atom stereocenters. The van der Waals surface area contributed by atoms with Crippen molar-refractivity contribution in [1.29, 1.82) is 0 Å². The molecule has 8 nitrogen and oxygen atoms in total. The van der Waals surface area contributed by atoms with Crippen LogP contribution in [0, 0.1) is 20.8 Å². The summed E-state index contributed by atoms with van der Waals surface area (Å²) in [4.78, 5) is 33.6. The quantitative estimate of drug-likeness (QED) is 0.868. The van der Waals surface area contributed by atoms with Crippen molar-refractivity contribution in [1.82, 2.24) is 29.7 Å². The van der Waals surface area contributed by atoms with E-state index in [1.54, 1.807) is 0 Å². The molecule has 26 heavy (non-hydrogen) atoms. The van der Waals surface area contributed by atoms with Crippen molar-refractivity contribution in [2.75, 3.05) is 39.0 Å². The fraction of sp³-hybridized carbons (Fsp3) is 0.500. The highest BCUT2D eigenvalue weighted by molar-refractivity contribution is 5.79. The van der Waals surface area contributed by atoms with Crippen molar-refractivity contribution in [2.24, 2.45) is 0 Å². The molecular formula is C18H25N7O. The lowest BCUT2D eigenvalue weighted by molar-refractivity contribution is -0.136.